The second-order valence-electron chi connectivity index (χ2n) is 3.45. The molecule has 0 aliphatic heterocycles. The van der Waals surface area contributed by atoms with Crippen molar-refractivity contribution in [3.05, 3.63) is 29.6 Å². The van der Waals surface area contributed by atoms with Gasteiger partial charge in [0.25, 0.3) is 0 Å². The molecule has 0 bridgehead atoms. The van der Waals surface area contributed by atoms with E-state index in [0.717, 1.165) is 12.1 Å². The normalized spacial score (nSPS) is 12.9. The molecule has 86 valence electrons. The van der Waals surface area contributed by atoms with Crippen molar-refractivity contribution in [1.29, 1.82) is 0 Å². The number of hydrogen-bond acceptors (Lipinski definition) is 4. The molecule has 0 amide bonds. The van der Waals surface area contributed by atoms with Crippen molar-refractivity contribution in [3.8, 4) is 11.3 Å². The maximum atomic E-state index is 5.85. The summed E-state index contributed by atoms with van der Waals surface area (Å²) in [6.45, 7) is 4.90. The third kappa shape index (κ3) is 2.13. The molecule has 2 aromatic rings. The highest BCUT2D eigenvalue weighted by Gasteiger charge is 2.15. The number of nitrogens with one attached hydrogen (secondary N) is 1. The zero-order valence-electron chi connectivity index (χ0n) is 9.16. The molecule has 0 saturated carbocycles. The van der Waals surface area contributed by atoms with E-state index in [-0.39, 0.29) is 6.04 Å². The Labute approximate surface area is 98.6 Å². The van der Waals surface area contributed by atoms with Gasteiger partial charge in [-0.2, -0.15) is 0 Å². The van der Waals surface area contributed by atoms with E-state index in [1.807, 2.05) is 13.8 Å². The third-order valence-corrected chi connectivity index (χ3v) is 2.58. The van der Waals surface area contributed by atoms with Crippen LogP contribution in [0.2, 0.25) is 5.22 Å². The molecule has 1 unspecified atom stereocenters. The quantitative estimate of drug-likeness (QED) is 0.891. The number of oxazole rings is 1. The molecule has 2 heterocycles. The Kier molecular flexibility index (Phi) is 3.31. The largest absolute Gasteiger partial charge is 0.452 e. The number of rotatable bonds is 4. The first-order valence-corrected chi connectivity index (χ1v) is 5.52. The lowest BCUT2D eigenvalue weighted by atomic mass is 10.3. The minimum Gasteiger partial charge on any atom is -0.452 e. The second-order valence-corrected chi connectivity index (χ2v) is 3.79. The van der Waals surface area contributed by atoms with Crippen molar-refractivity contribution in [2.24, 2.45) is 0 Å². The van der Waals surface area contributed by atoms with Crippen LogP contribution in [0.3, 0.4) is 0 Å². The molecule has 0 saturated heterocycles. The number of aromatic nitrogens is 1. The van der Waals surface area contributed by atoms with Gasteiger partial charge in [-0.15, -0.1) is 0 Å². The molecule has 0 aliphatic carbocycles. The van der Waals surface area contributed by atoms with Crippen LogP contribution in [-0.4, -0.2) is 11.5 Å². The van der Waals surface area contributed by atoms with Gasteiger partial charge in [-0.05, 0) is 31.1 Å². The van der Waals surface area contributed by atoms with Gasteiger partial charge in [-0.25, -0.2) is 4.98 Å². The Balaban J connectivity index is 2.23. The van der Waals surface area contributed by atoms with E-state index in [1.54, 1.807) is 12.3 Å². The molecule has 1 atom stereocenters. The summed E-state index contributed by atoms with van der Waals surface area (Å²) in [6.07, 6.45) is 3.17. The zero-order valence-corrected chi connectivity index (χ0v) is 9.91. The average molecular weight is 241 g/mol. The van der Waals surface area contributed by atoms with Crippen LogP contribution in [0.1, 0.15) is 25.8 Å². The van der Waals surface area contributed by atoms with Gasteiger partial charge in [-0.1, -0.05) is 6.92 Å². The highest BCUT2D eigenvalue weighted by atomic mass is 35.5. The smallest absolute Gasteiger partial charge is 0.211 e. The Morgan fingerprint density at radius 2 is 2.38 bits per heavy atom. The maximum absolute atomic E-state index is 5.85. The molecule has 0 aliphatic rings. The second kappa shape index (κ2) is 4.72. The van der Waals surface area contributed by atoms with E-state index < -0.39 is 0 Å². The van der Waals surface area contributed by atoms with Gasteiger partial charge in [0.05, 0.1) is 24.1 Å². The van der Waals surface area contributed by atoms with Crippen LogP contribution in [0.15, 0.2) is 27.4 Å². The van der Waals surface area contributed by atoms with Crippen molar-refractivity contribution in [3.63, 3.8) is 0 Å². The third-order valence-electron chi connectivity index (χ3n) is 2.29. The van der Waals surface area contributed by atoms with E-state index in [2.05, 4.69) is 10.3 Å². The van der Waals surface area contributed by atoms with Crippen LogP contribution in [0.5, 0.6) is 0 Å². The lowest BCUT2D eigenvalue weighted by molar-refractivity contribution is 0.428. The van der Waals surface area contributed by atoms with Gasteiger partial charge >= 0.3 is 0 Å². The molecular weight excluding hydrogens is 228 g/mol. The summed E-state index contributed by atoms with van der Waals surface area (Å²) < 4.78 is 10.6. The zero-order chi connectivity index (χ0) is 11.5. The van der Waals surface area contributed by atoms with Gasteiger partial charge in [0, 0.05) is 0 Å². The molecule has 1 N–H and O–H groups in total. The summed E-state index contributed by atoms with van der Waals surface area (Å²) in [5.41, 5.74) is 0.726. The minimum absolute atomic E-state index is 0.0874. The van der Waals surface area contributed by atoms with Crippen molar-refractivity contribution in [2.75, 3.05) is 6.54 Å². The van der Waals surface area contributed by atoms with E-state index >= 15 is 0 Å². The lowest BCUT2D eigenvalue weighted by Gasteiger charge is -2.06. The monoisotopic (exact) mass is 240 g/mol. The predicted octanol–water partition coefficient (Wildman–Crippen LogP) is 3.26. The highest BCUT2D eigenvalue weighted by Crippen LogP contribution is 2.30. The van der Waals surface area contributed by atoms with Crippen molar-refractivity contribution in [1.82, 2.24) is 10.3 Å². The molecule has 0 aromatic carbocycles. The lowest BCUT2D eigenvalue weighted by Crippen LogP contribution is -2.17. The van der Waals surface area contributed by atoms with E-state index in [1.165, 1.54) is 6.26 Å². The molecule has 0 radical (unpaired) electrons. The Bertz CT molecular complexity index is 464. The molecule has 4 nitrogen and oxygen atoms in total. The summed E-state index contributed by atoms with van der Waals surface area (Å²) in [4.78, 5) is 4.20. The van der Waals surface area contributed by atoms with Crippen LogP contribution in [-0.2, 0) is 0 Å². The SMILES string of the molecule is CCNC(C)c1ncc(-c2ccoc2Cl)o1. The van der Waals surface area contributed by atoms with E-state index in [9.17, 15) is 0 Å². The molecule has 2 aromatic heterocycles. The summed E-state index contributed by atoms with van der Waals surface area (Å²) in [5, 5.41) is 3.54. The Morgan fingerprint density at radius 3 is 3.00 bits per heavy atom. The summed E-state index contributed by atoms with van der Waals surface area (Å²) >= 11 is 5.85. The first-order chi connectivity index (χ1) is 7.72. The van der Waals surface area contributed by atoms with Gasteiger partial charge in [0.1, 0.15) is 0 Å². The van der Waals surface area contributed by atoms with Crippen LogP contribution in [0, 0.1) is 0 Å². The first-order valence-electron chi connectivity index (χ1n) is 5.14. The molecule has 2 rings (SSSR count). The van der Waals surface area contributed by atoms with Gasteiger partial charge in [0.15, 0.2) is 5.76 Å². The Hall–Kier alpha value is -1.26. The minimum atomic E-state index is 0.0874. The molecule has 0 fully saturated rings. The first kappa shape index (κ1) is 11.2. The standard InChI is InChI=1S/C11H13ClN2O2/c1-3-13-7(2)11-14-6-9(16-11)8-4-5-15-10(8)12/h4-7,13H,3H2,1-2H3. The molecule has 0 spiro atoms. The Morgan fingerprint density at radius 1 is 1.56 bits per heavy atom. The van der Waals surface area contributed by atoms with Crippen molar-refractivity contribution in [2.45, 2.75) is 19.9 Å². The fourth-order valence-electron chi connectivity index (χ4n) is 1.48. The van der Waals surface area contributed by atoms with Crippen LogP contribution in [0.25, 0.3) is 11.3 Å². The van der Waals surface area contributed by atoms with E-state index in [0.29, 0.717) is 16.9 Å². The average Bonchev–Trinajstić information content (AvgIpc) is 2.86. The molecule has 16 heavy (non-hydrogen) atoms. The summed E-state index contributed by atoms with van der Waals surface area (Å²) in [5.74, 6) is 1.27. The van der Waals surface area contributed by atoms with Crippen molar-refractivity contribution < 1.29 is 8.83 Å². The molecule has 5 heteroatoms. The van der Waals surface area contributed by atoms with Gasteiger partial charge < -0.3 is 14.2 Å². The number of hydrogen-bond donors (Lipinski definition) is 1. The van der Waals surface area contributed by atoms with Crippen molar-refractivity contribution >= 4 is 11.6 Å². The summed E-state index contributed by atoms with van der Waals surface area (Å²) in [7, 11) is 0. The number of nitrogens with zero attached hydrogens (tertiary/aromatic N) is 1. The van der Waals surface area contributed by atoms with Crippen LogP contribution < -0.4 is 5.32 Å². The highest BCUT2D eigenvalue weighted by molar-refractivity contribution is 6.31. The van der Waals surface area contributed by atoms with E-state index in [4.69, 9.17) is 20.4 Å². The molecular formula is C11H13ClN2O2. The van der Waals surface area contributed by atoms with Crippen LogP contribution in [0.4, 0.5) is 0 Å². The predicted molar refractivity (Wildman–Crippen MR) is 61.3 cm³/mol. The number of furan rings is 1. The van der Waals surface area contributed by atoms with Gasteiger partial charge in [0.2, 0.25) is 11.1 Å². The van der Waals surface area contributed by atoms with Crippen LogP contribution >= 0.6 is 11.6 Å². The topological polar surface area (TPSA) is 51.2 Å². The number of halogens is 1. The fraction of sp³-hybridized carbons (Fsp3) is 0.364. The maximum Gasteiger partial charge on any atom is 0.211 e. The fourth-order valence-corrected chi connectivity index (χ4v) is 1.68. The van der Waals surface area contributed by atoms with Gasteiger partial charge in [-0.3, -0.25) is 0 Å². The summed E-state index contributed by atoms with van der Waals surface area (Å²) in [6, 6.07) is 1.84.